The summed E-state index contributed by atoms with van der Waals surface area (Å²) in [6, 6.07) is 12.3. The summed E-state index contributed by atoms with van der Waals surface area (Å²) in [5.74, 6) is 0.203. The third-order valence-electron chi connectivity index (χ3n) is 6.84. The van der Waals surface area contributed by atoms with Crippen LogP contribution in [0.15, 0.2) is 36.4 Å². The van der Waals surface area contributed by atoms with Crippen molar-refractivity contribution in [2.45, 2.75) is 44.5 Å². The number of aliphatic hydroxyl groups is 1. The highest BCUT2D eigenvalue weighted by molar-refractivity contribution is 6.35. The fraction of sp³-hybridized carbons (Fsp3) is 0.500. The first-order valence-corrected chi connectivity index (χ1v) is 12.4. The fourth-order valence-corrected chi connectivity index (χ4v) is 5.64. The Balaban J connectivity index is 1.39. The Morgan fingerprint density at radius 2 is 1.75 bits per heavy atom. The zero-order valence-corrected chi connectivity index (χ0v) is 20.5. The predicted octanol–water partition coefficient (Wildman–Crippen LogP) is 5.39. The maximum atomic E-state index is 9.68. The van der Waals surface area contributed by atoms with E-state index in [0.717, 1.165) is 56.7 Å². The van der Waals surface area contributed by atoms with E-state index in [0.29, 0.717) is 21.1 Å². The van der Waals surface area contributed by atoms with E-state index in [-0.39, 0.29) is 12.0 Å². The maximum absolute atomic E-state index is 9.68. The van der Waals surface area contributed by atoms with Crippen LogP contribution in [0.4, 0.5) is 11.4 Å². The highest BCUT2D eigenvalue weighted by atomic mass is 35.5. The lowest BCUT2D eigenvalue weighted by molar-refractivity contribution is 0.108. The normalized spacial score (nSPS) is 22.2. The Morgan fingerprint density at radius 1 is 1.00 bits per heavy atom. The minimum absolute atomic E-state index is 0.0146. The van der Waals surface area contributed by atoms with Crippen LogP contribution >= 0.6 is 34.8 Å². The molecule has 0 saturated carbocycles. The number of anilines is 2. The van der Waals surface area contributed by atoms with Crippen LogP contribution < -0.4 is 16.0 Å². The minimum Gasteiger partial charge on any atom is -0.378 e. The van der Waals surface area contributed by atoms with Crippen molar-refractivity contribution in [3.8, 4) is 0 Å². The van der Waals surface area contributed by atoms with Gasteiger partial charge in [-0.2, -0.15) is 0 Å². The van der Waals surface area contributed by atoms with E-state index in [1.165, 1.54) is 5.69 Å². The second kappa shape index (κ2) is 10.4. The molecule has 5 nitrogen and oxygen atoms in total. The van der Waals surface area contributed by atoms with Gasteiger partial charge in [-0.3, -0.25) is 4.90 Å². The molecule has 3 atom stereocenters. The molecular formula is C24H31Cl3N4O. The lowest BCUT2D eigenvalue weighted by Crippen LogP contribution is -2.44. The van der Waals surface area contributed by atoms with Gasteiger partial charge >= 0.3 is 0 Å². The topological polar surface area (TPSA) is 64.8 Å². The SMILES string of the molecule is CC(Nc1cc(N2CCC(N3CCC(C(N)O)C3)CC2)ccc1Cl)c1ccc(Cl)cc1Cl. The third-order valence-corrected chi connectivity index (χ3v) is 7.73. The van der Waals surface area contributed by atoms with Crippen LogP contribution in [0, 0.1) is 5.92 Å². The standard InChI is InChI=1S/C24H31Cl3N4O/c1-15(20-4-2-17(25)12-22(20)27)29-23-13-19(3-5-21(23)26)30-10-7-18(8-11-30)31-9-6-16(14-31)24(28)32/h2-5,12-13,15-16,18,24,29,32H,6-11,14,28H2,1H3. The average Bonchev–Trinajstić information content (AvgIpc) is 3.26. The van der Waals surface area contributed by atoms with Crippen LogP contribution in [0.1, 0.15) is 37.8 Å². The molecule has 3 unspecified atom stereocenters. The lowest BCUT2D eigenvalue weighted by Gasteiger charge is -2.38. The van der Waals surface area contributed by atoms with Gasteiger partial charge in [-0.15, -0.1) is 0 Å². The Bertz CT molecular complexity index is 933. The van der Waals surface area contributed by atoms with Gasteiger partial charge < -0.3 is 21.1 Å². The van der Waals surface area contributed by atoms with Crippen LogP contribution in [-0.2, 0) is 0 Å². The van der Waals surface area contributed by atoms with Crippen LogP contribution in [0.3, 0.4) is 0 Å². The molecular weight excluding hydrogens is 467 g/mol. The molecule has 0 aromatic heterocycles. The molecule has 2 saturated heterocycles. The molecule has 4 N–H and O–H groups in total. The number of nitrogens with zero attached hydrogens (tertiary/aromatic N) is 2. The summed E-state index contributed by atoms with van der Waals surface area (Å²) in [6.45, 7) is 5.99. The lowest BCUT2D eigenvalue weighted by atomic mass is 10.0. The second-order valence-electron chi connectivity index (χ2n) is 8.95. The predicted molar refractivity (Wildman–Crippen MR) is 135 cm³/mol. The smallest absolute Gasteiger partial charge is 0.106 e. The van der Waals surface area contributed by atoms with Crippen molar-refractivity contribution in [3.05, 3.63) is 57.0 Å². The Hall–Kier alpha value is -1.21. The summed E-state index contributed by atoms with van der Waals surface area (Å²) < 4.78 is 0. The summed E-state index contributed by atoms with van der Waals surface area (Å²) >= 11 is 18.9. The van der Waals surface area contributed by atoms with Gasteiger partial charge in [0.25, 0.3) is 0 Å². The number of hydrogen-bond donors (Lipinski definition) is 3. The molecule has 2 aromatic carbocycles. The molecule has 2 fully saturated rings. The number of halogens is 3. The number of likely N-dealkylation sites (tertiary alicyclic amines) is 1. The van der Waals surface area contributed by atoms with Gasteiger partial charge in [-0.25, -0.2) is 0 Å². The first-order valence-electron chi connectivity index (χ1n) is 11.3. The van der Waals surface area contributed by atoms with Crippen molar-refractivity contribution in [2.24, 2.45) is 11.7 Å². The van der Waals surface area contributed by atoms with Crippen molar-refractivity contribution in [2.75, 3.05) is 36.4 Å². The summed E-state index contributed by atoms with van der Waals surface area (Å²) in [7, 11) is 0. The third kappa shape index (κ3) is 5.46. The summed E-state index contributed by atoms with van der Waals surface area (Å²) in [6.07, 6.45) is 2.50. The van der Waals surface area contributed by atoms with Crippen molar-refractivity contribution in [3.63, 3.8) is 0 Å². The van der Waals surface area contributed by atoms with Crippen molar-refractivity contribution in [1.82, 2.24) is 4.90 Å². The molecule has 32 heavy (non-hydrogen) atoms. The quantitative estimate of drug-likeness (QED) is 0.467. The van der Waals surface area contributed by atoms with Crippen LogP contribution in [0.25, 0.3) is 0 Å². The molecule has 0 amide bonds. The van der Waals surface area contributed by atoms with Gasteiger partial charge in [-0.1, -0.05) is 40.9 Å². The van der Waals surface area contributed by atoms with Crippen LogP contribution in [-0.4, -0.2) is 48.5 Å². The van der Waals surface area contributed by atoms with Gasteiger partial charge in [0.2, 0.25) is 0 Å². The number of benzene rings is 2. The van der Waals surface area contributed by atoms with Crippen LogP contribution in [0.5, 0.6) is 0 Å². The molecule has 8 heteroatoms. The molecule has 2 heterocycles. The number of hydrogen-bond acceptors (Lipinski definition) is 5. The largest absolute Gasteiger partial charge is 0.378 e. The van der Waals surface area contributed by atoms with Crippen LogP contribution in [0.2, 0.25) is 15.1 Å². The molecule has 0 spiro atoms. The van der Waals surface area contributed by atoms with Crippen molar-refractivity contribution >= 4 is 46.2 Å². The van der Waals surface area contributed by atoms with Crippen molar-refractivity contribution in [1.29, 1.82) is 0 Å². The summed E-state index contributed by atoms with van der Waals surface area (Å²) in [5, 5.41) is 15.1. The Morgan fingerprint density at radius 3 is 2.41 bits per heavy atom. The number of rotatable bonds is 6. The number of nitrogens with one attached hydrogen (secondary N) is 1. The Kier molecular flexibility index (Phi) is 7.76. The fourth-order valence-electron chi connectivity index (χ4n) is 4.90. The molecule has 0 aliphatic carbocycles. The van der Waals surface area contributed by atoms with Crippen molar-refractivity contribution < 1.29 is 5.11 Å². The van der Waals surface area contributed by atoms with Gasteiger partial charge in [0.1, 0.15) is 6.23 Å². The molecule has 0 radical (unpaired) electrons. The first kappa shape index (κ1) is 23.9. The molecule has 174 valence electrons. The molecule has 2 aromatic rings. The summed E-state index contributed by atoms with van der Waals surface area (Å²) in [5.41, 5.74) is 8.73. The minimum atomic E-state index is -0.703. The first-order chi connectivity index (χ1) is 15.3. The molecule has 4 rings (SSSR count). The van der Waals surface area contributed by atoms with E-state index < -0.39 is 6.23 Å². The molecule has 2 aliphatic heterocycles. The Labute approximate surface area is 205 Å². The van der Waals surface area contributed by atoms with Gasteiger partial charge in [-0.05, 0) is 68.6 Å². The highest BCUT2D eigenvalue weighted by Gasteiger charge is 2.32. The summed E-state index contributed by atoms with van der Waals surface area (Å²) in [4.78, 5) is 4.92. The van der Waals surface area contributed by atoms with Gasteiger partial charge in [0.15, 0.2) is 0 Å². The second-order valence-corrected chi connectivity index (χ2v) is 10.2. The monoisotopic (exact) mass is 496 g/mol. The van der Waals surface area contributed by atoms with Gasteiger partial charge in [0.05, 0.1) is 16.8 Å². The number of nitrogens with two attached hydrogens (primary N) is 1. The molecule has 0 bridgehead atoms. The zero-order valence-electron chi connectivity index (χ0n) is 18.3. The van der Waals surface area contributed by atoms with E-state index in [1.807, 2.05) is 18.2 Å². The van der Waals surface area contributed by atoms with E-state index in [2.05, 4.69) is 34.2 Å². The average molecular weight is 498 g/mol. The van der Waals surface area contributed by atoms with E-state index >= 15 is 0 Å². The highest BCUT2D eigenvalue weighted by Crippen LogP contribution is 2.34. The van der Waals surface area contributed by atoms with E-state index in [4.69, 9.17) is 40.5 Å². The maximum Gasteiger partial charge on any atom is 0.106 e. The number of aliphatic hydroxyl groups excluding tert-OH is 1. The zero-order chi connectivity index (χ0) is 22.8. The van der Waals surface area contributed by atoms with E-state index in [9.17, 15) is 5.11 Å². The van der Waals surface area contributed by atoms with Gasteiger partial charge in [0, 0.05) is 47.3 Å². The molecule has 2 aliphatic rings. The number of piperidine rings is 1. The van der Waals surface area contributed by atoms with E-state index in [1.54, 1.807) is 6.07 Å².